The molecule has 2 aliphatic carbocycles. The van der Waals surface area contributed by atoms with E-state index >= 15 is 0 Å². The van der Waals surface area contributed by atoms with Crippen LogP contribution in [0.15, 0.2) is 18.2 Å². The Kier molecular flexibility index (Phi) is 3.32. The highest BCUT2D eigenvalue weighted by Crippen LogP contribution is 2.48. The number of rotatable bonds is 5. The van der Waals surface area contributed by atoms with Crippen molar-refractivity contribution in [3.63, 3.8) is 0 Å². The molecule has 0 aromatic heterocycles. The zero-order valence-corrected chi connectivity index (χ0v) is 11.7. The molecule has 2 aliphatic rings. The molecule has 108 valence electrons. The maximum Gasteiger partial charge on any atom is 0.314 e. The number of hydrogen-bond donors (Lipinski definition) is 1. The number of para-hydroxylation sites is 1. The van der Waals surface area contributed by atoms with Crippen molar-refractivity contribution in [2.24, 2.45) is 0 Å². The van der Waals surface area contributed by atoms with E-state index in [-0.39, 0.29) is 6.10 Å². The summed E-state index contributed by atoms with van der Waals surface area (Å²) in [7, 11) is 1.60. The Labute approximate surface area is 118 Å². The SMILES string of the molecule is COc1cccc(C2(C(=O)O)CCCC2)c1OC1CC1. The van der Waals surface area contributed by atoms with Crippen LogP contribution in [-0.4, -0.2) is 24.3 Å². The Morgan fingerprint density at radius 2 is 2.00 bits per heavy atom. The van der Waals surface area contributed by atoms with E-state index in [4.69, 9.17) is 9.47 Å². The zero-order valence-electron chi connectivity index (χ0n) is 11.7. The summed E-state index contributed by atoms with van der Waals surface area (Å²) in [4.78, 5) is 11.9. The zero-order chi connectivity index (χ0) is 14.2. The van der Waals surface area contributed by atoms with Gasteiger partial charge in [-0.25, -0.2) is 0 Å². The Morgan fingerprint density at radius 3 is 2.55 bits per heavy atom. The van der Waals surface area contributed by atoms with Crippen molar-refractivity contribution in [2.75, 3.05) is 7.11 Å². The van der Waals surface area contributed by atoms with Gasteiger partial charge in [0.2, 0.25) is 0 Å². The quantitative estimate of drug-likeness (QED) is 0.897. The molecule has 2 saturated carbocycles. The maximum atomic E-state index is 11.9. The Hall–Kier alpha value is -1.71. The van der Waals surface area contributed by atoms with Gasteiger partial charge >= 0.3 is 5.97 Å². The second kappa shape index (κ2) is 5.00. The fourth-order valence-corrected chi connectivity index (χ4v) is 3.10. The van der Waals surface area contributed by atoms with Gasteiger partial charge < -0.3 is 14.6 Å². The number of ether oxygens (including phenoxy) is 2. The smallest absolute Gasteiger partial charge is 0.314 e. The molecule has 0 saturated heterocycles. The van der Waals surface area contributed by atoms with E-state index in [0.29, 0.717) is 24.3 Å². The van der Waals surface area contributed by atoms with E-state index in [1.54, 1.807) is 7.11 Å². The number of aliphatic carboxylic acids is 1. The number of carboxylic acid groups (broad SMARTS) is 1. The predicted octanol–water partition coefficient (Wildman–Crippen LogP) is 3.13. The van der Waals surface area contributed by atoms with Crippen LogP contribution in [0.5, 0.6) is 11.5 Å². The summed E-state index contributed by atoms with van der Waals surface area (Å²) in [6.07, 6.45) is 5.55. The van der Waals surface area contributed by atoms with Gasteiger partial charge in [-0.2, -0.15) is 0 Å². The molecule has 0 aliphatic heterocycles. The van der Waals surface area contributed by atoms with Crippen LogP contribution in [0, 0.1) is 0 Å². The highest BCUT2D eigenvalue weighted by molar-refractivity contribution is 5.83. The van der Waals surface area contributed by atoms with E-state index < -0.39 is 11.4 Å². The first-order chi connectivity index (χ1) is 9.67. The van der Waals surface area contributed by atoms with Gasteiger partial charge in [-0.1, -0.05) is 25.0 Å². The summed E-state index contributed by atoms with van der Waals surface area (Å²) in [6, 6.07) is 5.59. The van der Waals surface area contributed by atoms with Gasteiger partial charge in [0.25, 0.3) is 0 Å². The molecule has 3 rings (SSSR count). The van der Waals surface area contributed by atoms with Gasteiger partial charge in [0.05, 0.1) is 18.6 Å². The molecule has 2 fully saturated rings. The molecular weight excluding hydrogens is 256 g/mol. The standard InChI is InChI=1S/C16H20O4/c1-19-13-6-4-5-12(14(13)20-11-7-8-11)16(15(17)18)9-2-3-10-16/h4-6,11H,2-3,7-10H2,1H3,(H,17,18). The summed E-state index contributed by atoms with van der Waals surface area (Å²) in [5.74, 6) is 0.535. The third-order valence-corrected chi connectivity index (χ3v) is 4.39. The molecule has 0 heterocycles. The molecular formula is C16H20O4. The van der Waals surface area contributed by atoms with E-state index in [9.17, 15) is 9.90 Å². The monoisotopic (exact) mass is 276 g/mol. The molecule has 0 radical (unpaired) electrons. The van der Waals surface area contributed by atoms with Crippen LogP contribution in [0.4, 0.5) is 0 Å². The number of hydrogen-bond acceptors (Lipinski definition) is 3. The first kappa shape index (κ1) is 13.3. The summed E-state index contributed by atoms with van der Waals surface area (Å²) >= 11 is 0. The van der Waals surface area contributed by atoms with E-state index in [1.807, 2.05) is 18.2 Å². The molecule has 0 unspecified atom stereocenters. The fourth-order valence-electron chi connectivity index (χ4n) is 3.10. The second-order valence-electron chi connectivity index (χ2n) is 5.75. The Bertz CT molecular complexity index is 513. The van der Waals surface area contributed by atoms with Gasteiger partial charge in [0.15, 0.2) is 11.5 Å². The lowest BCUT2D eigenvalue weighted by molar-refractivity contribution is -0.143. The molecule has 1 N–H and O–H groups in total. The lowest BCUT2D eigenvalue weighted by atomic mass is 9.78. The van der Waals surface area contributed by atoms with Crippen molar-refractivity contribution in [1.82, 2.24) is 0 Å². The lowest BCUT2D eigenvalue weighted by Gasteiger charge is -2.27. The van der Waals surface area contributed by atoms with Gasteiger partial charge in [0.1, 0.15) is 0 Å². The van der Waals surface area contributed by atoms with Gasteiger partial charge in [-0.05, 0) is 31.7 Å². The summed E-state index contributed by atoms with van der Waals surface area (Å²) < 4.78 is 11.4. The number of carbonyl (C=O) groups is 1. The van der Waals surface area contributed by atoms with Crippen molar-refractivity contribution in [3.8, 4) is 11.5 Å². The van der Waals surface area contributed by atoms with Crippen molar-refractivity contribution >= 4 is 5.97 Å². The number of methoxy groups -OCH3 is 1. The summed E-state index contributed by atoms with van der Waals surface area (Å²) in [6.45, 7) is 0. The van der Waals surface area contributed by atoms with Crippen LogP contribution in [0.3, 0.4) is 0 Å². The first-order valence-corrected chi connectivity index (χ1v) is 7.25. The average Bonchev–Trinajstić information content (AvgIpc) is 3.12. The van der Waals surface area contributed by atoms with Crippen LogP contribution in [0.2, 0.25) is 0 Å². The van der Waals surface area contributed by atoms with Crippen LogP contribution >= 0.6 is 0 Å². The fraction of sp³-hybridized carbons (Fsp3) is 0.562. The molecule has 4 nitrogen and oxygen atoms in total. The Balaban J connectivity index is 2.08. The van der Waals surface area contributed by atoms with Crippen molar-refractivity contribution in [2.45, 2.75) is 50.0 Å². The molecule has 0 spiro atoms. The van der Waals surface area contributed by atoms with Crippen molar-refractivity contribution < 1.29 is 19.4 Å². The van der Waals surface area contributed by atoms with Crippen LogP contribution in [0.25, 0.3) is 0 Å². The minimum atomic E-state index is -0.807. The third kappa shape index (κ3) is 2.13. The summed E-state index contributed by atoms with van der Waals surface area (Å²) in [5, 5.41) is 9.76. The van der Waals surface area contributed by atoms with Gasteiger partial charge in [-0.3, -0.25) is 4.79 Å². The predicted molar refractivity (Wildman–Crippen MR) is 74.4 cm³/mol. The average molecular weight is 276 g/mol. The Morgan fingerprint density at radius 1 is 1.30 bits per heavy atom. The molecule has 0 atom stereocenters. The van der Waals surface area contributed by atoms with Gasteiger partial charge in [-0.15, -0.1) is 0 Å². The van der Waals surface area contributed by atoms with Crippen LogP contribution in [-0.2, 0) is 10.2 Å². The molecule has 0 bridgehead atoms. The number of benzene rings is 1. The largest absolute Gasteiger partial charge is 0.493 e. The highest BCUT2D eigenvalue weighted by atomic mass is 16.5. The van der Waals surface area contributed by atoms with Crippen LogP contribution in [0.1, 0.15) is 44.1 Å². The number of carboxylic acids is 1. The lowest BCUT2D eigenvalue weighted by Crippen LogP contribution is -2.33. The van der Waals surface area contributed by atoms with Crippen molar-refractivity contribution in [3.05, 3.63) is 23.8 Å². The third-order valence-electron chi connectivity index (χ3n) is 4.39. The highest BCUT2D eigenvalue weighted by Gasteiger charge is 2.46. The molecule has 20 heavy (non-hydrogen) atoms. The minimum absolute atomic E-state index is 0.220. The molecule has 1 aromatic rings. The molecule has 0 amide bonds. The van der Waals surface area contributed by atoms with Crippen LogP contribution < -0.4 is 9.47 Å². The maximum absolute atomic E-state index is 11.9. The van der Waals surface area contributed by atoms with Gasteiger partial charge in [0, 0.05) is 5.56 Å². The van der Waals surface area contributed by atoms with E-state index in [1.165, 1.54) is 0 Å². The second-order valence-corrected chi connectivity index (χ2v) is 5.75. The normalized spacial score (nSPS) is 20.6. The summed E-state index contributed by atoms with van der Waals surface area (Å²) in [5.41, 5.74) is -0.0209. The molecule has 4 heteroatoms. The first-order valence-electron chi connectivity index (χ1n) is 7.25. The minimum Gasteiger partial charge on any atom is -0.493 e. The topological polar surface area (TPSA) is 55.8 Å². The van der Waals surface area contributed by atoms with E-state index in [2.05, 4.69) is 0 Å². The van der Waals surface area contributed by atoms with Crippen molar-refractivity contribution in [1.29, 1.82) is 0 Å². The van der Waals surface area contributed by atoms with E-state index in [0.717, 1.165) is 31.2 Å². The molecule has 1 aromatic carbocycles.